The van der Waals surface area contributed by atoms with Crippen LogP contribution >= 0.6 is 0 Å². The Hall–Kier alpha value is 1.26. The van der Waals surface area contributed by atoms with E-state index in [0.29, 0.717) is 0 Å². The van der Waals surface area contributed by atoms with Gasteiger partial charge >= 0.3 is 59.1 Å². The van der Waals surface area contributed by atoms with Gasteiger partial charge in [-0.3, -0.25) is 4.18 Å². The van der Waals surface area contributed by atoms with Crippen molar-refractivity contribution >= 4 is 20.5 Å². The molecule has 0 aliphatic rings. The molecule has 0 rings (SSSR count). The molecule has 0 aliphatic carbocycles. The zero-order valence-corrected chi connectivity index (χ0v) is 15.3. The third kappa shape index (κ3) is 38.2. The second kappa shape index (κ2) is 13.7. The summed E-state index contributed by atoms with van der Waals surface area (Å²) in [5.41, 5.74) is 0. The van der Waals surface area contributed by atoms with Gasteiger partial charge in [-0.05, 0) is 0 Å². The van der Waals surface area contributed by atoms with Crippen LogP contribution in [-0.4, -0.2) is 38.3 Å². The van der Waals surface area contributed by atoms with Crippen molar-refractivity contribution in [1.29, 1.82) is 0 Å². The Morgan fingerprint density at radius 2 is 1.41 bits per heavy atom. The summed E-state index contributed by atoms with van der Waals surface area (Å²) in [5.74, 6) is -0.479. The predicted octanol–water partition coefficient (Wildman–Crippen LogP) is -6.63. The van der Waals surface area contributed by atoms with E-state index in [1.54, 1.807) is 0 Å². The number of hydrogen-bond donors (Lipinski definition) is 0. The minimum absolute atomic E-state index is 0. The fraction of sp³-hybridized carbons (Fsp3) is 0.333. The van der Waals surface area contributed by atoms with Crippen LogP contribution in [0.2, 0.25) is 0 Å². The van der Waals surface area contributed by atoms with E-state index >= 15 is 0 Å². The van der Waals surface area contributed by atoms with Gasteiger partial charge in [0, 0.05) is 0 Å². The van der Waals surface area contributed by atoms with Gasteiger partial charge < -0.3 is 9.11 Å². The van der Waals surface area contributed by atoms with Crippen LogP contribution in [0.4, 0.5) is 0 Å². The van der Waals surface area contributed by atoms with Crippen LogP contribution in [0.25, 0.3) is 0 Å². The number of rotatable bonds is 5. The zero-order valence-electron chi connectivity index (χ0n) is 9.66. The van der Waals surface area contributed by atoms with E-state index in [1.807, 2.05) is 0 Å². The standard InChI is InChI=1S/C3H6O4S.C3H6O3S.2Na/c1-2-3-7-8(4,5)6;1-2-3-7(4,5)6;;/h2H,1,3H2,(H,4,5,6);2H,1,3H2,(H,4,5,6);;/q;;2*+1/p-2. The molecule has 0 aliphatic heterocycles. The summed E-state index contributed by atoms with van der Waals surface area (Å²) in [6, 6.07) is 0. The average Bonchev–Trinajstić information content (AvgIpc) is 1.98. The molecule has 0 bridgehead atoms. The summed E-state index contributed by atoms with van der Waals surface area (Å²) in [6.45, 7) is 5.94. The fourth-order valence-electron chi connectivity index (χ4n) is 0.276. The molecule has 0 unspecified atom stereocenters. The molecule has 17 heavy (non-hydrogen) atoms. The Morgan fingerprint density at radius 1 is 1.00 bits per heavy atom. The van der Waals surface area contributed by atoms with Crippen LogP contribution in [-0.2, 0) is 24.7 Å². The Labute approximate surface area is 146 Å². The van der Waals surface area contributed by atoms with Crippen molar-refractivity contribution in [2.75, 3.05) is 12.4 Å². The second-order valence-corrected chi connectivity index (χ2v) is 4.50. The van der Waals surface area contributed by atoms with Gasteiger partial charge in [0.25, 0.3) is 0 Å². The van der Waals surface area contributed by atoms with Crippen LogP contribution in [0.3, 0.4) is 0 Å². The van der Waals surface area contributed by atoms with Gasteiger partial charge in [-0.2, -0.15) is 0 Å². The monoisotopic (exact) mass is 304 g/mol. The third-order valence-electron chi connectivity index (χ3n) is 0.652. The Bertz CT molecular complexity index is 387. The summed E-state index contributed by atoms with van der Waals surface area (Å²) < 4.78 is 61.2. The van der Waals surface area contributed by atoms with Crippen molar-refractivity contribution in [3.63, 3.8) is 0 Å². The first-order valence-corrected chi connectivity index (χ1v) is 6.29. The molecular weight excluding hydrogens is 294 g/mol. The van der Waals surface area contributed by atoms with Crippen molar-refractivity contribution in [2.24, 2.45) is 0 Å². The van der Waals surface area contributed by atoms with E-state index < -0.39 is 26.3 Å². The molecule has 0 saturated carbocycles. The molecule has 0 spiro atoms. The third-order valence-corrected chi connectivity index (χ3v) is 1.72. The Kier molecular flexibility index (Phi) is 21.5. The van der Waals surface area contributed by atoms with Crippen LogP contribution in [0.1, 0.15) is 0 Å². The first-order valence-electron chi connectivity index (χ1n) is 3.38. The molecule has 0 radical (unpaired) electrons. The van der Waals surface area contributed by atoms with Crippen LogP contribution < -0.4 is 59.1 Å². The first-order chi connectivity index (χ1) is 6.62. The summed E-state index contributed by atoms with van der Waals surface area (Å²) in [5, 5.41) is 0. The molecule has 0 amide bonds. The van der Waals surface area contributed by atoms with E-state index in [2.05, 4.69) is 17.3 Å². The summed E-state index contributed by atoms with van der Waals surface area (Å²) >= 11 is 0. The summed E-state index contributed by atoms with van der Waals surface area (Å²) in [4.78, 5) is 0. The summed E-state index contributed by atoms with van der Waals surface area (Å²) in [7, 11) is -8.55. The molecule has 0 fully saturated rings. The Morgan fingerprint density at radius 3 is 1.47 bits per heavy atom. The smallest absolute Gasteiger partial charge is 0.748 e. The zero-order chi connectivity index (χ0) is 12.5. The van der Waals surface area contributed by atoms with E-state index in [4.69, 9.17) is 0 Å². The minimum atomic E-state index is -4.51. The SMILES string of the molecule is C=CCOS(=O)(=O)[O-].C=CCS(=O)(=O)[O-].[Na+].[Na+]. The molecule has 0 atom stereocenters. The van der Waals surface area contributed by atoms with Gasteiger partial charge in [0.15, 0.2) is 0 Å². The van der Waals surface area contributed by atoms with Crippen molar-refractivity contribution in [1.82, 2.24) is 0 Å². The topological polar surface area (TPSA) is 124 Å². The van der Waals surface area contributed by atoms with E-state index in [9.17, 15) is 25.9 Å². The van der Waals surface area contributed by atoms with Gasteiger partial charge in [-0.1, -0.05) is 12.2 Å². The molecular formula is C6H10Na2O7S2. The van der Waals surface area contributed by atoms with Crippen molar-refractivity contribution in [2.45, 2.75) is 0 Å². The molecule has 0 aromatic rings. The maximum Gasteiger partial charge on any atom is 1.00 e. The maximum absolute atomic E-state index is 9.60. The maximum atomic E-state index is 9.60. The predicted molar refractivity (Wildman–Crippen MR) is 50.6 cm³/mol. The average molecular weight is 304 g/mol. The quantitative estimate of drug-likeness (QED) is 0.214. The fourth-order valence-corrected chi connectivity index (χ4v) is 0.827. The van der Waals surface area contributed by atoms with Crippen LogP contribution in [0, 0.1) is 0 Å². The van der Waals surface area contributed by atoms with Gasteiger partial charge in [-0.15, -0.1) is 13.2 Å². The molecule has 0 N–H and O–H groups in total. The van der Waals surface area contributed by atoms with Crippen molar-refractivity contribution in [3.05, 3.63) is 25.3 Å². The summed E-state index contributed by atoms with van der Waals surface area (Å²) in [6.07, 6.45) is 2.23. The largest absolute Gasteiger partial charge is 1.00 e. The molecule has 0 saturated heterocycles. The molecule has 0 aromatic carbocycles. The van der Waals surface area contributed by atoms with E-state index in [1.165, 1.54) is 6.08 Å². The Balaban J connectivity index is -0.0000000896. The molecule has 7 nitrogen and oxygen atoms in total. The first kappa shape index (κ1) is 26.8. The minimum Gasteiger partial charge on any atom is -0.748 e. The van der Waals surface area contributed by atoms with Gasteiger partial charge in [0.1, 0.15) is 0 Å². The van der Waals surface area contributed by atoms with Crippen LogP contribution in [0.5, 0.6) is 0 Å². The molecule has 0 heterocycles. The van der Waals surface area contributed by atoms with Gasteiger partial charge in [-0.25, -0.2) is 16.8 Å². The van der Waals surface area contributed by atoms with E-state index in [0.717, 1.165) is 6.08 Å². The van der Waals surface area contributed by atoms with Crippen LogP contribution in [0.15, 0.2) is 25.3 Å². The van der Waals surface area contributed by atoms with Crippen molar-refractivity contribution < 1.29 is 89.2 Å². The number of hydrogen-bond acceptors (Lipinski definition) is 7. The normalized spacial score (nSPS) is 9.76. The van der Waals surface area contributed by atoms with Gasteiger partial charge in [0.05, 0.1) is 22.5 Å². The van der Waals surface area contributed by atoms with E-state index in [-0.39, 0.29) is 65.7 Å². The second-order valence-electron chi connectivity index (χ2n) is 1.99. The molecule has 90 valence electrons. The molecule has 0 aromatic heterocycles. The van der Waals surface area contributed by atoms with Gasteiger partial charge in [0.2, 0.25) is 10.4 Å². The van der Waals surface area contributed by atoms with Crippen molar-refractivity contribution in [3.8, 4) is 0 Å². The molecule has 11 heteroatoms.